The van der Waals surface area contributed by atoms with Crippen LogP contribution in [0.4, 0.5) is 5.95 Å². The van der Waals surface area contributed by atoms with E-state index in [-0.39, 0.29) is 10.8 Å². The molecule has 0 radical (unpaired) electrons. The Morgan fingerprint density at radius 1 is 1.32 bits per heavy atom. The first-order chi connectivity index (χ1) is 8.87. The molecule has 1 aromatic heterocycles. The van der Waals surface area contributed by atoms with Crippen molar-refractivity contribution in [2.24, 2.45) is 5.92 Å². The van der Waals surface area contributed by atoms with Crippen molar-refractivity contribution in [2.45, 2.75) is 32.1 Å². The maximum Gasteiger partial charge on any atom is 0.245 e. The zero-order chi connectivity index (χ0) is 14.5. The number of anilines is 1. The second-order valence-electron chi connectivity index (χ2n) is 4.85. The SMILES string of the molecule is CCCNc1ncc(S(=O)(=O)N(C)CC(C)C)cn1. The van der Waals surface area contributed by atoms with Gasteiger partial charge >= 0.3 is 0 Å². The van der Waals surface area contributed by atoms with E-state index < -0.39 is 10.0 Å². The summed E-state index contributed by atoms with van der Waals surface area (Å²) in [6, 6.07) is 0. The Morgan fingerprint density at radius 3 is 2.37 bits per heavy atom. The number of rotatable bonds is 7. The molecule has 108 valence electrons. The number of hydrogen-bond donors (Lipinski definition) is 1. The Bertz CT molecular complexity index is 485. The number of aromatic nitrogens is 2. The highest BCUT2D eigenvalue weighted by Gasteiger charge is 2.22. The lowest BCUT2D eigenvalue weighted by Crippen LogP contribution is -2.30. The molecule has 1 rings (SSSR count). The molecule has 0 atom stereocenters. The Balaban J connectivity index is 2.84. The van der Waals surface area contributed by atoms with Crippen LogP contribution in [0.5, 0.6) is 0 Å². The van der Waals surface area contributed by atoms with Crippen molar-refractivity contribution < 1.29 is 8.42 Å². The summed E-state index contributed by atoms with van der Waals surface area (Å²) in [7, 11) is -1.92. The number of nitrogens with one attached hydrogen (secondary N) is 1. The van der Waals surface area contributed by atoms with Crippen molar-refractivity contribution in [1.29, 1.82) is 0 Å². The predicted octanol–water partition coefficient (Wildman–Crippen LogP) is 1.57. The van der Waals surface area contributed by atoms with Gasteiger partial charge in [-0.15, -0.1) is 0 Å². The summed E-state index contributed by atoms with van der Waals surface area (Å²) >= 11 is 0. The van der Waals surface area contributed by atoms with Crippen LogP contribution < -0.4 is 5.32 Å². The molecule has 1 N–H and O–H groups in total. The smallest absolute Gasteiger partial charge is 0.245 e. The van der Waals surface area contributed by atoms with Crippen molar-refractivity contribution in [2.75, 3.05) is 25.5 Å². The molecule has 0 aliphatic rings. The molecule has 0 saturated heterocycles. The number of sulfonamides is 1. The monoisotopic (exact) mass is 286 g/mol. The van der Waals surface area contributed by atoms with Crippen molar-refractivity contribution in [3.63, 3.8) is 0 Å². The summed E-state index contributed by atoms with van der Waals surface area (Å²) in [5, 5.41) is 3.00. The van der Waals surface area contributed by atoms with Gasteiger partial charge in [0.2, 0.25) is 16.0 Å². The van der Waals surface area contributed by atoms with Crippen LogP contribution in [0, 0.1) is 5.92 Å². The van der Waals surface area contributed by atoms with E-state index >= 15 is 0 Å². The van der Waals surface area contributed by atoms with Crippen LogP contribution in [0.25, 0.3) is 0 Å². The lowest BCUT2D eigenvalue weighted by Gasteiger charge is -2.18. The minimum atomic E-state index is -3.49. The highest BCUT2D eigenvalue weighted by atomic mass is 32.2. The van der Waals surface area contributed by atoms with Gasteiger partial charge in [-0.05, 0) is 12.3 Å². The molecular formula is C12H22N4O2S. The normalized spacial score (nSPS) is 12.1. The van der Waals surface area contributed by atoms with Crippen LogP contribution >= 0.6 is 0 Å². The molecule has 1 heterocycles. The molecule has 0 fully saturated rings. The van der Waals surface area contributed by atoms with Gasteiger partial charge in [0.15, 0.2) is 0 Å². The quantitative estimate of drug-likeness (QED) is 0.823. The fraction of sp³-hybridized carbons (Fsp3) is 0.667. The third-order valence-corrected chi connectivity index (χ3v) is 4.27. The van der Waals surface area contributed by atoms with Crippen LogP contribution in [-0.4, -0.2) is 42.8 Å². The molecule has 0 aliphatic heterocycles. The average molecular weight is 286 g/mol. The molecule has 19 heavy (non-hydrogen) atoms. The molecule has 0 bridgehead atoms. The fourth-order valence-corrected chi connectivity index (χ4v) is 2.80. The predicted molar refractivity (Wildman–Crippen MR) is 75.5 cm³/mol. The maximum absolute atomic E-state index is 12.2. The van der Waals surface area contributed by atoms with E-state index in [0.29, 0.717) is 12.5 Å². The van der Waals surface area contributed by atoms with Crippen LogP contribution in [0.3, 0.4) is 0 Å². The Kier molecular flexibility index (Phi) is 5.68. The first-order valence-electron chi connectivity index (χ1n) is 6.40. The molecule has 0 unspecified atom stereocenters. The van der Waals surface area contributed by atoms with Gasteiger partial charge in [-0.3, -0.25) is 0 Å². The van der Waals surface area contributed by atoms with Crippen LogP contribution in [-0.2, 0) is 10.0 Å². The van der Waals surface area contributed by atoms with Gasteiger partial charge in [-0.25, -0.2) is 22.7 Å². The van der Waals surface area contributed by atoms with E-state index in [4.69, 9.17) is 0 Å². The van der Waals surface area contributed by atoms with Crippen molar-refractivity contribution in [3.8, 4) is 0 Å². The van der Waals surface area contributed by atoms with E-state index in [0.717, 1.165) is 13.0 Å². The summed E-state index contributed by atoms with van der Waals surface area (Å²) < 4.78 is 25.8. The Hall–Kier alpha value is -1.21. The molecule has 7 heteroatoms. The zero-order valence-electron chi connectivity index (χ0n) is 11.9. The summed E-state index contributed by atoms with van der Waals surface area (Å²) in [6.07, 6.45) is 3.65. The van der Waals surface area contributed by atoms with E-state index in [2.05, 4.69) is 15.3 Å². The molecule has 0 aliphatic carbocycles. The minimum Gasteiger partial charge on any atom is -0.354 e. The van der Waals surface area contributed by atoms with Crippen molar-refractivity contribution in [3.05, 3.63) is 12.4 Å². The third-order valence-electron chi connectivity index (χ3n) is 2.49. The van der Waals surface area contributed by atoms with Crippen LogP contribution in [0.15, 0.2) is 17.3 Å². The van der Waals surface area contributed by atoms with Gasteiger partial charge in [-0.2, -0.15) is 0 Å². The second-order valence-corrected chi connectivity index (χ2v) is 6.89. The van der Waals surface area contributed by atoms with E-state index in [1.807, 2.05) is 20.8 Å². The third kappa shape index (κ3) is 4.43. The lowest BCUT2D eigenvalue weighted by atomic mass is 10.2. The molecule has 0 amide bonds. The van der Waals surface area contributed by atoms with Crippen LogP contribution in [0.2, 0.25) is 0 Å². The fourth-order valence-electron chi connectivity index (χ4n) is 1.57. The summed E-state index contributed by atoms with van der Waals surface area (Å²) in [5.41, 5.74) is 0. The van der Waals surface area contributed by atoms with Gasteiger partial charge in [0.1, 0.15) is 4.90 Å². The molecule has 1 aromatic rings. The summed E-state index contributed by atoms with van der Waals surface area (Å²) in [5.74, 6) is 0.721. The van der Waals surface area contributed by atoms with Gasteiger partial charge in [0.25, 0.3) is 0 Å². The maximum atomic E-state index is 12.2. The average Bonchev–Trinajstić information content (AvgIpc) is 2.36. The Labute approximate surface area is 115 Å². The van der Waals surface area contributed by atoms with Gasteiger partial charge in [0.05, 0.1) is 12.4 Å². The topological polar surface area (TPSA) is 75.2 Å². The second kappa shape index (κ2) is 6.81. The van der Waals surface area contributed by atoms with Crippen molar-refractivity contribution in [1.82, 2.24) is 14.3 Å². The minimum absolute atomic E-state index is 0.123. The molecule has 0 aromatic carbocycles. The molecular weight excluding hydrogens is 264 g/mol. The molecule has 0 saturated carbocycles. The van der Waals surface area contributed by atoms with Gasteiger partial charge < -0.3 is 5.32 Å². The molecule has 0 spiro atoms. The standard InChI is InChI=1S/C12H22N4O2S/c1-5-6-13-12-14-7-11(8-15-12)19(17,18)16(4)9-10(2)3/h7-8,10H,5-6,9H2,1-4H3,(H,13,14,15). The highest BCUT2D eigenvalue weighted by molar-refractivity contribution is 7.89. The summed E-state index contributed by atoms with van der Waals surface area (Å²) in [4.78, 5) is 8.15. The first kappa shape index (κ1) is 15.8. The summed E-state index contributed by atoms with van der Waals surface area (Å²) in [6.45, 7) is 7.21. The van der Waals surface area contributed by atoms with E-state index in [1.165, 1.54) is 16.7 Å². The number of nitrogens with zero attached hydrogens (tertiary/aromatic N) is 3. The zero-order valence-corrected chi connectivity index (χ0v) is 12.7. The number of hydrogen-bond acceptors (Lipinski definition) is 5. The largest absolute Gasteiger partial charge is 0.354 e. The Morgan fingerprint density at radius 2 is 1.89 bits per heavy atom. The van der Waals surface area contributed by atoms with E-state index in [9.17, 15) is 8.42 Å². The van der Waals surface area contributed by atoms with Crippen LogP contribution in [0.1, 0.15) is 27.2 Å². The molecule has 6 nitrogen and oxygen atoms in total. The van der Waals surface area contributed by atoms with Gasteiger partial charge in [0, 0.05) is 20.1 Å². The van der Waals surface area contributed by atoms with E-state index in [1.54, 1.807) is 7.05 Å². The lowest BCUT2D eigenvalue weighted by molar-refractivity contribution is 0.417. The van der Waals surface area contributed by atoms with Gasteiger partial charge in [-0.1, -0.05) is 20.8 Å². The van der Waals surface area contributed by atoms with Crippen molar-refractivity contribution >= 4 is 16.0 Å². The highest BCUT2D eigenvalue weighted by Crippen LogP contribution is 2.14. The first-order valence-corrected chi connectivity index (χ1v) is 7.84.